The van der Waals surface area contributed by atoms with E-state index in [9.17, 15) is 0 Å². The summed E-state index contributed by atoms with van der Waals surface area (Å²) in [5, 5.41) is 0. The van der Waals surface area contributed by atoms with Crippen molar-refractivity contribution in [1.29, 1.82) is 0 Å². The van der Waals surface area contributed by atoms with Gasteiger partial charge in [0.05, 0.1) is 4.88 Å². The fourth-order valence-electron chi connectivity index (χ4n) is 6.13. The van der Waals surface area contributed by atoms with Crippen LogP contribution in [0.25, 0.3) is 19.5 Å². The minimum absolute atomic E-state index is 0.257. The van der Waals surface area contributed by atoms with Gasteiger partial charge in [-0.1, -0.05) is 68.2 Å². The first-order valence-corrected chi connectivity index (χ1v) is 16.1. The average molecular weight is 576 g/mol. The third kappa shape index (κ3) is 4.23. The van der Waals surface area contributed by atoms with E-state index in [4.69, 9.17) is 0 Å². The van der Waals surface area contributed by atoms with Crippen molar-refractivity contribution < 1.29 is 0 Å². The number of halogens is 1. The van der Waals surface area contributed by atoms with Crippen molar-refractivity contribution in [2.75, 3.05) is 0 Å². The molecule has 3 aromatic rings. The van der Waals surface area contributed by atoms with E-state index < -0.39 is 0 Å². The Morgan fingerprint density at radius 2 is 0.971 bits per heavy atom. The van der Waals surface area contributed by atoms with E-state index in [1.165, 1.54) is 62.5 Å². The Balaban J connectivity index is 1.59. The maximum absolute atomic E-state index is 3.97. The van der Waals surface area contributed by atoms with Gasteiger partial charge in [-0.25, -0.2) is 0 Å². The Hall–Kier alpha value is -0.420. The fraction of sp³-hybridized carbons (Fsp3) is 0.600. The lowest BCUT2D eigenvalue weighted by molar-refractivity contribution is 0.434. The quantitative estimate of drug-likeness (QED) is 0.267. The van der Waals surface area contributed by atoms with Crippen molar-refractivity contribution in [2.24, 2.45) is 0 Å². The molecule has 184 valence electrons. The molecule has 3 heterocycles. The molecule has 0 saturated carbocycles. The molecule has 2 aliphatic carbocycles. The van der Waals surface area contributed by atoms with Crippen molar-refractivity contribution in [3.05, 3.63) is 43.6 Å². The predicted octanol–water partition coefficient (Wildman–Crippen LogP) is 11.4. The second-order valence-electron chi connectivity index (χ2n) is 13.2. The lowest BCUT2D eigenvalue weighted by atomic mass is 9.80. The normalized spacial score (nSPS) is 22.5. The lowest BCUT2D eigenvalue weighted by Gasteiger charge is -2.25. The van der Waals surface area contributed by atoms with Crippen LogP contribution in [-0.4, -0.2) is 0 Å². The molecule has 3 aromatic heterocycles. The zero-order valence-corrected chi connectivity index (χ0v) is 26.1. The van der Waals surface area contributed by atoms with Gasteiger partial charge in [-0.15, -0.1) is 34.0 Å². The first-order chi connectivity index (χ1) is 15.7. The maximum Gasteiger partial charge on any atom is 0.0591 e. The molecule has 0 radical (unpaired) electrons. The van der Waals surface area contributed by atoms with Gasteiger partial charge in [0.2, 0.25) is 0 Å². The van der Waals surface area contributed by atoms with E-state index in [2.05, 4.69) is 101 Å². The lowest BCUT2D eigenvalue weighted by Crippen LogP contribution is -2.19. The van der Waals surface area contributed by atoms with Gasteiger partial charge < -0.3 is 0 Å². The molecule has 0 aromatic carbocycles. The van der Waals surface area contributed by atoms with Gasteiger partial charge in [0, 0.05) is 28.9 Å². The van der Waals surface area contributed by atoms with Crippen LogP contribution in [0, 0.1) is 0 Å². The smallest absolute Gasteiger partial charge is 0.0591 e. The second-order valence-corrected chi connectivity index (χ2v) is 17.2. The summed E-state index contributed by atoms with van der Waals surface area (Å²) in [6, 6.07) is 7.45. The van der Waals surface area contributed by atoms with Crippen LogP contribution in [0.2, 0.25) is 0 Å². The summed E-state index contributed by atoms with van der Waals surface area (Å²) >= 11 is 10.0. The Kier molecular flexibility index (Phi) is 6.16. The van der Waals surface area contributed by atoms with Gasteiger partial charge in [-0.05, 0) is 92.6 Å². The first-order valence-electron chi connectivity index (χ1n) is 12.8. The molecule has 2 aliphatic rings. The van der Waals surface area contributed by atoms with Gasteiger partial charge in [0.1, 0.15) is 0 Å². The molecule has 0 fully saturated rings. The molecule has 0 spiro atoms. The molecule has 5 rings (SSSR count). The monoisotopic (exact) mass is 574 g/mol. The van der Waals surface area contributed by atoms with Crippen LogP contribution in [0.1, 0.15) is 115 Å². The largest absolute Gasteiger partial charge is 0.139 e. The Labute approximate surface area is 227 Å². The molecule has 4 heteroatoms. The van der Waals surface area contributed by atoms with Crippen LogP contribution >= 0.6 is 49.9 Å². The minimum Gasteiger partial charge on any atom is -0.139 e. The highest BCUT2D eigenvalue weighted by molar-refractivity contribution is 9.10. The number of hydrogen-bond donors (Lipinski definition) is 0. The second kappa shape index (κ2) is 8.30. The molecule has 0 N–H and O–H groups in total. The van der Waals surface area contributed by atoms with Crippen molar-refractivity contribution >= 4 is 49.9 Å². The maximum atomic E-state index is 3.97. The zero-order chi connectivity index (χ0) is 24.7. The van der Waals surface area contributed by atoms with Crippen LogP contribution in [-0.2, 0) is 21.7 Å². The van der Waals surface area contributed by atoms with Gasteiger partial charge in [-0.2, -0.15) is 0 Å². The molecule has 34 heavy (non-hydrogen) atoms. The van der Waals surface area contributed by atoms with E-state index in [0.29, 0.717) is 0 Å². The number of fused-ring (bicyclic) bond motifs is 2. The van der Waals surface area contributed by atoms with E-state index in [0.717, 1.165) is 0 Å². The van der Waals surface area contributed by atoms with E-state index in [1.807, 2.05) is 22.7 Å². The Morgan fingerprint density at radius 3 is 1.50 bits per heavy atom. The van der Waals surface area contributed by atoms with Gasteiger partial charge in [-0.3, -0.25) is 0 Å². The summed E-state index contributed by atoms with van der Waals surface area (Å²) in [7, 11) is 0. The summed E-state index contributed by atoms with van der Waals surface area (Å²) < 4.78 is 1.25. The Morgan fingerprint density at radius 1 is 0.559 bits per heavy atom. The Bertz CT molecular complexity index is 1160. The molecular formula is C30H39BrS3. The van der Waals surface area contributed by atoms with E-state index >= 15 is 0 Å². The third-order valence-electron chi connectivity index (χ3n) is 8.51. The van der Waals surface area contributed by atoms with E-state index in [-0.39, 0.29) is 21.7 Å². The van der Waals surface area contributed by atoms with Crippen molar-refractivity contribution in [1.82, 2.24) is 0 Å². The number of rotatable bonds is 2. The topological polar surface area (TPSA) is 0 Å². The van der Waals surface area contributed by atoms with Gasteiger partial charge in [0.25, 0.3) is 0 Å². The molecule has 0 saturated heterocycles. The predicted molar refractivity (Wildman–Crippen MR) is 158 cm³/mol. The zero-order valence-electron chi connectivity index (χ0n) is 22.1. The van der Waals surface area contributed by atoms with Crippen molar-refractivity contribution in [3.8, 4) is 19.5 Å². The highest BCUT2D eigenvalue weighted by Gasteiger charge is 2.38. The van der Waals surface area contributed by atoms with Crippen LogP contribution < -0.4 is 0 Å². The van der Waals surface area contributed by atoms with Gasteiger partial charge >= 0.3 is 0 Å². The third-order valence-corrected chi connectivity index (χ3v) is 13.9. The van der Waals surface area contributed by atoms with E-state index in [1.54, 1.807) is 20.9 Å². The summed E-state index contributed by atoms with van der Waals surface area (Å²) in [4.78, 5) is 8.93. The highest BCUT2D eigenvalue weighted by atomic mass is 79.9. The first kappa shape index (κ1) is 25.2. The molecule has 0 aliphatic heterocycles. The van der Waals surface area contributed by atoms with Crippen LogP contribution in [0.15, 0.2) is 22.7 Å². The molecule has 0 atom stereocenters. The molecule has 0 nitrogen and oxygen atoms in total. The summed E-state index contributed by atoms with van der Waals surface area (Å²) in [5.74, 6) is 0. The van der Waals surface area contributed by atoms with Gasteiger partial charge in [0.15, 0.2) is 0 Å². The minimum atomic E-state index is 0.257. The van der Waals surface area contributed by atoms with Crippen LogP contribution in [0.4, 0.5) is 0 Å². The molecular weight excluding hydrogens is 536 g/mol. The number of hydrogen-bond acceptors (Lipinski definition) is 3. The van der Waals surface area contributed by atoms with Crippen LogP contribution in [0.3, 0.4) is 0 Å². The molecule has 0 amide bonds. The number of thiophene rings is 3. The summed E-state index contributed by atoms with van der Waals surface area (Å²) in [5.41, 5.74) is 4.23. The van der Waals surface area contributed by atoms with Crippen LogP contribution in [0.5, 0.6) is 0 Å². The highest BCUT2D eigenvalue weighted by Crippen LogP contribution is 2.54. The summed E-state index contributed by atoms with van der Waals surface area (Å²) in [6.07, 6.45) is 7.77. The SMILES string of the molecule is CC1(C)CCCC(C)(C)c2sc(-c3cc(Br)c(-c4cc5c(s4)C(C)(C)CCCC5(C)C)s3)cc21. The van der Waals surface area contributed by atoms with Crippen molar-refractivity contribution in [2.45, 2.75) is 116 Å². The summed E-state index contributed by atoms with van der Waals surface area (Å²) in [6.45, 7) is 19.6. The standard InChI is InChI=1S/C30H39BrS3/c1-27(2)11-9-13-29(5,6)25-18(27)15-21(33-25)22-17-20(31)24(32-22)23-16-19-26(34-23)30(7,8)14-10-12-28(19,3)4/h15-17H,9-14H2,1-8H3. The molecule has 0 bridgehead atoms. The fourth-order valence-corrected chi connectivity index (χ4v) is 11.3. The average Bonchev–Trinajstić information content (AvgIpc) is 3.41. The molecule has 0 unspecified atom stereocenters. The van der Waals surface area contributed by atoms with Crippen molar-refractivity contribution in [3.63, 3.8) is 0 Å².